The third kappa shape index (κ3) is 2.51. The van der Waals surface area contributed by atoms with Crippen molar-refractivity contribution in [3.8, 4) is 17.2 Å². The molecule has 1 unspecified atom stereocenters. The molecule has 6 heteroatoms. The summed E-state index contributed by atoms with van der Waals surface area (Å²) in [6, 6.07) is 4.75. The van der Waals surface area contributed by atoms with E-state index in [-0.39, 0.29) is 6.04 Å². The molecular weight excluding hydrogens is 415 g/mol. The summed E-state index contributed by atoms with van der Waals surface area (Å²) in [5.74, 6) is 1.41. The lowest BCUT2D eigenvalue weighted by molar-refractivity contribution is 0.393. The van der Waals surface area contributed by atoms with Gasteiger partial charge in [0.25, 0.3) is 0 Å². The van der Waals surface area contributed by atoms with Gasteiger partial charge < -0.3 is 9.09 Å². The fraction of sp³-hybridized carbons (Fsp3) is 0.389. The molecule has 1 aliphatic rings. The Balaban J connectivity index is 1.89. The summed E-state index contributed by atoms with van der Waals surface area (Å²) < 4.78 is 8.68. The third-order valence-electron chi connectivity index (χ3n) is 4.77. The highest BCUT2D eigenvalue weighted by Gasteiger charge is 2.33. The molecule has 3 aromatic rings. The predicted octanol–water partition coefficient (Wildman–Crippen LogP) is 4.78. The average molecular weight is 432 g/mol. The molecule has 24 heavy (non-hydrogen) atoms. The number of aromatic nitrogens is 3. The molecular formula is C18H17IN4O. The second-order valence-corrected chi connectivity index (χ2v) is 7.60. The molecule has 1 aliphatic carbocycles. The summed E-state index contributed by atoms with van der Waals surface area (Å²) in [6.07, 6.45) is 6.98. The monoisotopic (exact) mass is 432 g/mol. The van der Waals surface area contributed by atoms with Gasteiger partial charge in [-0.25, -0.2) is 0 Å². The highest BCUT2D eigenvalue weighted by molar-refractivity contribution is 14.1. The Morgan fingerprint density at radius 3 is 2.88 bits per heavy atom. The van der Waals surface area contributed by atoms with Gasteiger partial charge in [-0.3, -0.25) is 4.98 Å². The van der Waals surface area contributed by atoms with Crippen molar-refractivity contribution in [3.05, 3.63) is 33.5 Å². The molecule has 1 atom stereocenters. The summed E-state index contributed by atoms with van der Waals surface area (Å²) >= 11 is 2.33. The lowest BCUT2D eigenvalue weighted by Gasteiger charge is -2.16. The number of nitriles is 1. The van der Waals surface area contributed by atoms with Crippen LogP contribution in [-0.4, -0.2) is 14.7 Å². The van der Waals surface area contributed by atoms with Crippen LogP contribution < -0.4 is 0 Å². The quantitative estimate of drug-likeness (QED) is 0.557. The number of pyridine rings is 1. The zero-order valence-electron chi connectivity index (χ0n) is 13.6. The van der Waals surface area contributed by atoms with Crippen LogP contribution in [0.1, 0.15) is 36.8 Å². The molecule has 0 bridgehead atoms. The molecule has 1 fully saturated rings. The number of aryl methyl sites for hydroxylation is 2. The normalized spacial score (nSPS) is 15.6. The summed E-state index contributed by atoms with van der Waals surface area (Å²) in [7, 11) is 0. The van der Waals surface area contributed by atoms with Crippen LogP contribution in [0.2, 0.25) is 0 Å². The van der Waals surface area contributed by atoms with E-state index < -0.39 is 0 Å². The Labute approximate surface area is 153 Å². The summed E-state index contributed by atoms with van der Waals surface area (Å²) in [5, 5.41) is 13.3. The first-order valence-electron chi connectivity index (χ1n) is 8.06. The number of hydrogen-bond donors (Lipinski definition) is 0. The van der Waals surface area contributed by atoms with Crippen LogP contribution in [0.25, 0.3) is 22.2 Å². The third-order valence-corrected chi connectivity index (χ3v) is 5.56. The zero-order chi connectivity index (χ0) is 16.8. The highest BCUT2D eigenvalue weighted by Crippen LogP contribution is 2.43. The van der Waals surface area contributed by atoms with Crippen LogP contribution in [0.4, 0.5) is 0 Å². The maximum Gasteiger partial charge on any atom is 0.141 e. The van der Waals surface area contributed by atoms with E-state index in [2.05, 4.69) is 55.6 Å². The summed E-state index contributed by atoms with van der Waals surface area (Å²) in [6.45, 7) is 3.87. The van der Waals surface area contributed by atoms with E-state index >= 15 is 0 Å². The fourth-order valence-electron chi connectivity index (χ4n) is 3.46. The predicted molar refractivity (Wildman–Crippen MR) is 99.4 cm³/mol. The van der Waals surface area contributed by atoms with Crippen molar-refractivity contribution in [3.63, 3.8) is 0 Å². The molecule has 0 spiro atoms. The Bertz CT molecular complexity index is 942. The Morgan fingerprint density at radius 2 is 2.25 bits per heavy atom. The molecule has 4 rings (SSSR count). The van der Waals surface area contributed by atoms with Crippen molar-refractivity contribution in [2.24, 2.45) is 5.92 Å². The Morgan fingerprint density at radius 1 is 1.46 bits per heavy atom. The van der Waals surface area contributed by atoms with Crippen molar-refractivity contribution in [2.75, 3.05) is 0 Å². The first-order chi connectivity index (χ1) is 11.6. The topological polar surface area (TPSA) is 67.6 Å². The largest absolute Gasteiger partial charge is 0.361 e. The van der Waals surface area contributed by atoms with Crippen molar-refractivity contribution < 1.29 is 4.52 Å². The van der Waals surface area contributed by atoms with Gasteiger partial charge in [0, 0.05) is 29.6 Å². The molecule has 5 nitrogen and oxygen atoms in total. The van der Waals surface area contributed by atoms with Gasteiger partial charge in [0.05, 0.1) is 27.3 Å². The fourth-order valence-corrected chi connectivity index (χ4v) is 4.18. The molecule has 0 aromatic carbocycles. The second-order valence-electron chi connectivity index (χ2n) is 6.44. The van der Waals surface area contributed by atoms with Crippen LogP contribution in [0.5, 0.6) is 0 Å². The minimum Gasteiger partial charge on any atom is -0.361 e. The van der Waals surface area contributed by atoms with Crippen LogP contribution in [0.3, 0.4) is 0 Å². The van der Waals surface area contributed by atoms with E-state index in [0.29, 0.717) is 12.3 Å². The minimum atomic E-state index is 0.239. The molecule has 1 saturated carbocycles. The molecule has 3 heterocycles. The Hall–Kier alpha value is -1.88. The minimum absolute atomic E-state index is 0.239. The maximum atomic E-state index is 9.23. The first kappa shape index (κ1) is 15.6. The van der Waals surface area contributed by atoms with E-state index in [0.717, 1.165) is 37.2 Å². The second kappa shape index (κ2) is 5.88. The molecule has 0 saturated heterocycles. The SMILES string of the molecule is Cc1noc(C)c1-c1cnc2c(I)cn(C(CC#N)C3CC3)c2c1. The number of halogens is 1. The van der Waals surface area contributed by atoms with Gasteiger partial charge in [-0.2, -0.15) is 5.26 Å². The molecule has 122 valence electrons. The summed E-state index contributed by atoms with van der Waals surface area (Å²) in [5.41, 5.74) is 4.98. The van der Waals surface area contributed by atoms with E-state index in [1.165, 1.54) is 12.8 Å². The maximum absolute atomic E-state index is 9.23. The molecule has 0 radical (unpaired) electrons. The number of hydrogen-bond acceptors (Lipinski definition) is 4. The van der Waals surface area contributed by atoms with Crippen LogP contribution in [-0.2, 0) is 0 Å². The van der Waals surface area contributed by atoms with E-state index in [1.54, 1.807) is 0 Å². The smallest absolute Gasteiger partial charge is 0.141 e. The zero-order valence-corrected chi connectivity index (χ0v) is 15.7. The van der Waals surface area contributed by atoms with Gasteiger partial charge in [0.2, 0.25) is 0 Å². The lowest BCUT2D eigenvalue weighted by Crippen LogP contribution is -2.09. The standard InChI is InChI=1S/C18H17IN4O/c1-10-17(11(2)24-22-10)13-7-16-18(21-8-13)14(19)9-23(16)15(5-6-20)12-3-4-12/h7-9,12,15H,3-5H2,1-2H3. The number of fused-ring (bicyclic) bond motifs is 1. The van der Waals surface area contributed by atoms with Crippen LogP contribution in [0, 0.1) is 34.7 Å². The first-order valence-corrected chi connectivity index (χ1v) is 9.14. The van der Waals surface area contributed by atoms with Gasteiger partial charge in [0.15, 0.2) is 0 Å². The van der Waals surface area contributed by atoms with Crippen LogP contribution >= 0.6 is 22.6 Å². The van der Waals surface area contributed by atoms with Crippen molar-refractivity contribution in [1.82, 2.24) is 14.7 Å². The Kier molecular flexibility index (Phi) is 3.83. The van der Waals surface area contributed by atoms with Gasteiger partial charge in [-0.15, -0.1) is 0 Å². The number of nitrogens with zero attached hydrogens (tertiary/aromatic N) is 4. The molecule has 3 aromatic heterocycles. The summed E-state index contributed by atoms with van der Waals surface area (Å²) in [4.78, 5) is 4.68. The van der Waals surface area contributed by atoms with Gasteiger partial charge >= 0.3 is 0 Å². The van der Waals surface area contributed by atoms with Crippen molar-refractivity contribution >= 4 is 33.6 Å². The highest BCUT2D eigenvalue weighted by atomic mass is 127. The molecule has 0 N–H and O–H groups in total. The van der Waals surface area contributed by atoms with E-state index in [1.807, 2.05) is 20.0 Å². The van der Waals surface area contributed by atoms with Crippen molar-refractivity contribution in [2.45, 2.75) is 39.2 Å². The van der Waals surface area contributed by atoms with Gasteiger partial charge in [-0.05, 0) is 61.3 Å². The van der Waals surface area contributed by atoms with Crippen molar-refractivity contribution in [1.29, 1.82) is 5.26 Å². The lowest BCUT2D eigenvalue weighted by atomic mass is 10.1. The van der Waals surface area contributed by atoms with Gasteiger partial charge in [0.1, 0.15) is 11.3 Å². The van der Waals surface area contributed by atoms with E-state index in [9.17, 15) is 5.26 Å². The van der Waals surface area contributed by atoms with Gasteiger partial charge in [-0.1, -0.05) is 5.16 Å². The molecule has 0 amide bonds. The number of rotatable bonds is 4. The average Bonchev–Trinajstić information content (AvgIpc) is 3.28. The molecule has 0 aliphatic heterocycles. The van der Waals surface area contributed by atoms with Crippen LogP contribution in [0.15, 0.2) is 23.0 Å². The van der Waals surface area contributed by atoms with E-state index in [4.69, 9.17) is 4.52 Å².